The number of carbonyl (C=O) groups is 1. The summed E-state index contributed by atoms with van der Waals surface area (Å²) in [6, 6.07) is 1.34. The van der Waals surface area contributed by atoms with Crippen molar-refractivity contribution in [1.29, 1.82) is 0 Å². The predicted molar refractivity (Wildman–Crippen MR) is 62.1 cm³/mol. The minimum absolute atomic E-state index is 0.0701. The van der Waals surface area contributed by atoms with Gasteiger partial charge < -0.3 is 0 Å². The summed E-state index contributed by atoms with van der Waals surface area (Å²) in [5.41, 5.74) is 0. The van der Waals surface area contributed by atoms with Crippen LogP contribution in [0.5, 0.6) is 0 Å². The predicted octanol–water partition coefficient (Wildman–Crippen LogP) is 5.03. The lowest BCUT2D eigenvalue weighted by Gasteiger charge is -2.02. The second-order valence-corrected chi connectivity index (χ2v) is 5.53. The number of rotatable bonds is 2. The summed E-state index contributed by atoms with van der Waals surface area (Å²) in [6.07, 6.45) is -3.63. The second-order valence-electron chi connectivity index (χ2n) is 2.59. The van der Waals surface area contributed by atoms with E-state index in [4.69, 9.17) is 23.2 Å². The Balaban J connectivity index is 3.13. The Labute approximate surface area is 111 Å². The molecule has 0 aliphatic heterocycles. The normalized spacial score (nSPS) is 11.4. The third-order valence-corrected chi connectivity index (χ3v) is 3.61. The summed E-state index contributed by atoms with van der Waals surface area (Å²) < 4.78 is 36.4. The lowest BCUT2D eigenvalue weighted by atomic mass is 10.3. The Morgan fingerprint density at radius 1 is 1.44 bits per heavy atom. The van der Waals surface area contributed by atoms with E-state index in [9.17, 15) is 18.0 Å². The van der Waals surface area contributed by atoms with Crippen LogP contribution in [0.3, 0.4) is 0 Å². The zero-order valence-electron chi connectivity index (χ0n) is 7.24. The molecular weight excluding hydrogens is 352 g/mol. The van der Waals surface area contributed by atoms with E-state index in [-0.39, 0.29) is 8.96 Å². The number of halogens is 6. The zero-order valence-corrected chi connectivity index (χ0v) is 11.2. The van der Waals surface area contributed by atoms with Gasteiger partial charge in [-0.05, 0) is 28.1 Å². The van der Waals surface area contributed by atoms with E-state index in [2.05, 4.69) is 15.9 Å². The van der Waals surface area contributed by atoms with Crippen LogP contribution in [-0.4, -0.2) is 12.0 Å². The number of hydrogen-bond acceptors (Lipinski definition) is 2. The van der Waals surface area contributed by atoms with Crippen LogP contribution in [-0.2, 0) is 0 Å². The van der Waals surface area contributed by atoms with Crippen LogP contribution >= 0.6 is 50.5 Å². The van der Waals surface area contributed by atoms with Gasteiger partial charge in [-0.2, -0.15) is 13.2 Å². The molecule has 0 fully saturated rings. The molecule has 0 amide bonds. The highest BCUT2D eigenvalue weighted by atomic mass is 79.9. The first-order valence-corrected chi connectivity index (χ1v) is 6.02. The van der Waals surface area contributed by atoms with Gasteiger partial charge in [0.2, 0.25) is 0 Å². The number of ketones is 1. The summed E-state index contributed by atoms with van der Waals surface area (Å²) in [5, 5.41) is 0. The molecule has 0 aliphatic carbocycles. The summed E-state index contributed by atoms with van der Waals surface area (Å²) in [7, 11) is 0. The fraction of sp³-hybridized carbons (Fsp3) is 0.125. The molecule has 0 aromatic carbocycles. The molecule has 1 heterocycles. The highest BCUT2D eigenvalue weighted by molar-refractivity contribution is 9.10. The average Bonchev–Trinajstić information content (AvgIpc) is 2.42. The molecule has 8 heteroatoms. The van der Waals surface area contributed by atoms with Gasteiger partial charge in [0.05, 0.1) is 4.88 Å². The molecule has 1 aromatic rings. The molecule has 0 aliphatic rings. The van der Waals surface area contributed by atoms with Crippen molar-refractivity contribution < 1.29 is 18.0 Å². The first-order valence-electron chi connectivity index (χ1n) is 3.65. The van der Waals surface area contributed by atoms with Crippen molar-refractivity contribution >= 4 is 62.3 Å². The molecule has 0 radical (unpaired) electrons. The SMILES string of the molecule is O=C(c1sc(C=C(Cl)Cl)cc1Br)C(F)(F)F. The number of alkyl halides is 3. The Morgan fingerprint density at radius 3 is 2.44 bits per heavy atom. The zero-order chi connectivity index (χ0) is 12.5. The summed E-state index contributed by atoms with van der Waals surface area (Å²) >= 11 is 14.2. The van der Waals surface area contributed by atoms with Gasteiger partial charge in [0.1, 0.15) is 4.49 Å². The fourth-order valence-electron chi connectivity index (χ4n) is 0.849. The highest BCUT2D eigenvalue weighted by Crippen LogP contribution is 2.34. The molecule has 0 saturated carbocycles. The molecule has 1 nitrogen and oxygen atoms in total. The van der Waals surface area contributed by atoms with E-state index in [1.54, 1.807) is 0 Å². The van der Waals surface area contributed by atoms with E-state index < -0.39 is 16.8 Å². The number of thiophene rings is 1. The van der Waals surface area contributed by atoms with E-state index in [0.29, 0.717) is 16.2 Å². The van der Waals surface area contributed by atoms with Crippen LogP contribution in [0.2, 0.25) is 0 Å². The van der Waals surface area contributed by atoms with Crippen LogP contribution in [0.25, 0.3) is 6.08 Å². The van der Waals surface area contributed by atoms with E-state index >= 15 is 0 Å². The fourth-order valence-corrected chi connectivity index (χ4v) is 2.99. The maximum Gasteiger partial charge on any atom is 0.455 e. The first-order chi connectivity index (χ1) is 7.21. The monoisotopic (exact) mass is 352 g/mol. The topological polar surface area (TPSA) is 17.1 Å². The van der Waals surface area contributed by atoms with Gasteiger partial charge in [0, 0.05) is 9.35 Å². The van der Waals surface area contributed by atoms with Crippen LogP contribution in [0.15, 0.2) is 15.0 Å². The van der Waals surface area contributed by atoms with Gasteiger partial charge in [0.25, 0.3) is 5.78 Å². The quantitative estimate of drug-likeness (QED) is 0.681. The van der Waals surface area contributed by atoms with E-state index in [0.717, 1.165) is 0 Å². The molecule has 0 saturated heterocycles. The average molecular weight is 354 g/mol. The van der Waals surface area contributed by atoms with Crippen molar-refractivity contribution in [1.82, 2.24) is 0 Å². The molecule has 0 N–H and O–H groups in total. The molecule has 0 atom stereocenters. The van der Waals surface area contributed by atoms with Crippen LogP contribution < -0.4 is 0 Å². The second kappa shape index (κ2) is 5.08. The summed E-state index contributed by atoms with van der Waals surface area (Å²) in [6.45, 7) is 0. The lowest BCUT2D eigenvalue weighted by Crippen LogP contribution is -2.21. The van der Waals surface area contributed by atoms with Crippen molar-refractivity contribution in [3.63, 3.8) is 0 Å². The lowest BCUT2D eigenvalue weighted by molar-refractivity contribution is -0.0882. The van der Waals surface area contributed by atoms with E-state index in [1.165, 1.54) is 12.1 Å². The minimum Gasteiger partial charge on any atom is -0.283 e. The number of hydrogen-bond donors (Lipinski definition) is 0. The molecule has 88 valence electrons. The Kier molecular flexibility index (Phi) is 4.45. The maximum absolute atomic E-state index is 12.2. The van der Waals surface area contributed by atoms with E-state index in [1.807, 2.05) is 0 Å². The first kappa shape index (κ1) is 14.0. The summed E-state index contributed by atoms with van der Waals surface area (Å²) in [5.74, 6) is -1.89. The summed E-state index contributed by atoms with van der Waals surface area (Å²) in [4.78, 5) is 10.9. The number of Topliss-reactive ketones (excluding diaryl/α,β-unsaturated/α-hetero) is 1. The molecule has 1 rings (SSSR count). The largest absolute Gasteiger partial charge is 0.455 e. The Bertz CT molecular complexity index is 449. The minimum atomic E-state index is -4.89. The van der Waals surface area contributed by atoms with Gasteiger partial charge in [-0.15, -0.1) is 11.3 Å². The molecular formula is C8H2BrCl2F3OS. The third kappa shape index (κ3) is 3.48. The molecule has 0 bridgehead atoms. The highest BCUT2D eigenvalue weighted by Gasteiger charge is 2.41. The number of carbonyl (C=O) groups excluding carboxylic acids is 1. The molecule has 0 spiro atoms. The van der Waals surface area contributed by atoms with Gasteiger partial charge in [-0.1, -0.05) is 23.2 Å². The van der Waals surface area contributed by atoms with Gasteiger partial charge in [-0.25, -0.2) is 0 Å². The van der Waals surface area contributed by atoms with Gasteiger partial charge in [-0.3, -0.25) is 4.79 Å². The van der Waals surface area contributed by atoms with Gasteiger partial charge in [0.15, 0.2) is 0 Å². The van der Waals surface area contributed by atoms with Crippen LogP contribution in [0.4, 0.5) is 13.2 Å². The van der Waals surface area contributed by atoms with Gasteiger partial charge >= 0.3 is 6.18 Å². The molecule has 1 aromatic heterocycles. The van der Waals surface area contributed by atoms with Crippen molar-refractivity contribution in [3.8, 4) is 0 Å². The van der Waals surface area contributed by atoms with Crippen molar-refractivity contribution in [3.05, 3.63) is 24.8 Å². The van der Waals surface area contributed by atoms with Crippen LogP contribution in [0.1, 0.15) is 14.5 Å². The smallest absolute Gasteiger partial charge is 0.283 e. The van der Waals surface area contributed by atoms with Crippen molar-refractivity contribution in [2.24, 2.45) is 0 Å². The van der Waals surface area contributed by atoms with Crippen molar-refractivity contribution in [2.45, 2.75) is 6.18 Å². The standard InChI is InChI=1S/C8H2BrCl2F3OS/c9-4-1-3(2-5(10)11)16-6(4)7(15)8(12,13)14/h1-2H. The maximum atomic E-state index is 12.2. The van der Waals surface area contributed by atoms with Crippen molar-refractivity contribution in [2.75, 3.05) is 0 Å². The Morgan fingerprint density at radius 2 is 2.00 bits per heavy atom. The van der Waals surface area contributed by atoms with Crippen LogP contribution in [0, 0.1) is 0 Å². The Hall–Kier alpha value is -0.0400. The third-order valence-electron chi connectivity index (χ3n) is 1.42. The molecule has 16 heavy (non-hydrogen) atoms. The molecule has 0 unspecified atom stereocenters.